The van der Waals surface area contributed by atoms with Crippen LogP contribution < -0.4 is 5.32 Å². The quantitative estimate of drug-likeness (QED) is 0.755. The highest BCUT2D eigenvalue weighted by molar-refractivity contribution is 9.10. The number of nitrogens with one attached hydrogen (secondary N) is 1. The van der Waals surface area contributed by atoms with Crippen LogP contribution in [0.1, 0.15) is 18.9 Å². The molecule has 0 saturated carbocycles. The fourth-order valence-electron chi connectivity index (χ4n) is 1.97. The molecule has 2 aromatic rings. The van der Waals surface area contributed by atoms with E-state index in [9.17, 15) is 0 Å². The van der Waals surface area contributed by atoms with Gasteiger partial charge in [-0.2, -0.15) is 0 Å². The molecule has 0 aliphatic carbocycles. The standard InChI is InChI=1S/C16H17BrClN/c1-12(7-8-13-5-3-2-4-6-13)19-14-9-10-16(18)15(17)11-14/h2-6,9-12,19H,7-8H2,1H3. The third kappa shape index (κ3) is 4.55. The fraction of sp³-hybridized carbons (Fsp3) is 0.250. The molecule has 1 unspecified atom stereocenters. The first-order chi connectivity index (χ1) is 9.15. The zero-order chi connectivity index (χ0) is 13.7. The Labute approximate surface area is 128 Å². The molecular formula is C16H17BrClN. The normalized spacial score (nSPS) is 12.2. The van der Waals surface area contributed by atoms with E-state index in [2.05, 4.69) is 58.5 Å². The summed E-state index contributed by atoms with van der Waals surface area (Å²) in [6.45, 7) is 2.20. The highest BCUT2D eigenvalue weighted by Crippen LogP contribution is 2.26. The van der Waals surface area contributed by atoms with Crippen molar-refractivity contribution in [2.45, 2.75) is 25.8 Å². The van der Waals surface area contributed by atoms with E-state index in [0.29, 0.717) is 6.04 Å². The molecule has 1 N–H and O–H groups in total. The lowest BCUT2D eigenvalue weighted by atomic mass is 10.1. The van der Waals surface area contributed by atoms with Crippen LogP contribution in [0.15, 0.2) is 53.0 Å². The van der Waals surface area contributed by atoms with E-state index >= 15 is 0 Å². The summed E-state index contributed by atoms with van der Waals surface area (Å²) < 4.78 is 0.925. The summed E-state index contributed by atoms with van der Waals surface area (Å²) >= 11 is 9.42. The Morgan fingerprint density at radius 3 is 2.58 bits per heavy atom. The van der Waals surface area contributed by atoms with Gasteiger partial charge in [-0.15, -0.1) is 0 Å². The molecule has 2 aromatic carbocycles. The van der Waals surface area contributed by atoms with E-state index in [1.807, 2.05) is 18.2 Å². The molecular weight excluding hydrogens is 322 g/mol. The molecule has 0 aliphatic heterocycles. The SMILES string of the molecule is CC(CCc1ccccc1)Nc1ccc(Cl)c(Br)c1. The van der Waals surface area contributed by atoms with Crippen LogP contribution in [-0.2, 0) is 6.42 Å². The van der Waals surface area contributed by atoms with Gasteiger partial charge in [0.2, 0.25) is 0 Å². The van der Waals surface area contributed by atoms with E-state index in [4.69, 9.17) is 11.6 Å². The van der Waals surface area contributed by atoms with E-state index in [-0.39, 0.29) is 0 Å². The van der Waals surface area contributed by atoms with E-state index in [1.165, 1.54) is 5.56 Å². The van der Waals surface area contributed by atoms with Crippen molar-refractivity contribution in [1.29, 1.82) is 0 Å². The first-order valence-electron chi connectivity index (χ1n) is 6.40. The van der Waals surface area contributed by atoms with E-state index in [1.54, 1.807) is 0 Å². The molecule has 0 saturated heterocycles. The van der Waals surface area contributed by atoms with Crippen molar-refractivity contribution in [1.82, 2.24) is 0 Å². The van der Waals surface area contributed by atoms with Crippen LogP contribution in [0.2, 0.25) is 5.02 Å². The zero-order valence-corrected chi connectivity index (χ0v) is 13.2. The van der Waals surface area contributed by atoms with Gasteiger partial charge in [0.25, 0.3) is 0 Å². The van der Waals surface area contributed by atoms with Gasteiger partial charge >= 0.3 is 0 Å². The first-order valence-corrected chi connectivity index (χ1v) is 7.58. The largest absolute Gasteiger partial charge is 0.383 e. The Kier molecular flexibility index (Phi) is 5.29. The Hall–Kier alpha value is -0.990. The molecule has 0 amide bonds. The molecule has 0 heterocycles. The van der Waals surface area contributed by atoms with Crippen molar-refractivity contribution >= 4 is 33.2 Å². The summed E-state index contributed by atoms with van der Waals surface area (Å²) in [6.07, 6.45) is 2.19. The van der Waals surface area contributed by atoms with Crippen LogP contribution in [0.3, 0.4) is 0 Å². The number of anilines is 1. The second-order valence-electron chi connectivity index (χ2n) is 4.70. The molecule has 1 nitrogen and oxygen atoms in total. The number of halogens is 2. The van der Waals surface area contributed by atoms with E-state index in [0.717, 1.165) is 28.0 Å². The molecule has 0 aromatic heterocycles. The summed E-state index contributed by atoms with van der Waals surface area (Å²) in [5.74, 6) is 0. The Morgan fingerprint density at radius 2 is 1.89 bits per heavy atom. The third-order valence-electron chi connectivity index (χ3n) is 3.04. The molecule has 3 heteroatoms. The third-order valence-corrected chi connectivity index (χ3v) is 4.26. The predicted molar refractivity (Wildman–Crippen MR) is 87.0 cm³/mol. The van der Waals surface area contributed by atoms with Crippen LogP contribution >= 0.6 is 27.5 Å². The number of hydrogen-bond donors (Lipinski definition) is 1. The predicted octanol–water partition coefficient (Wildman–Crippen LogP) is 5.54. The average Bonchev–Trinajstić information content (AvgIpc) is 2.42. The van der Waals surface area contributed by atoms with Crippen LogP contribution in [0.4, 0.5) is 5.69 Å². The summed E-state index contributed by atoms with van der Waals surface area (Å²) in [6, 6.07) is 16.9. The minimum Gasteiger partial charge on any atom is -0.383 e. The maximum atomic E-state index is 5.98. The molecule has 100 valence electrons. The van der Waals surface area contributed by atoms with Gasteiger partial charge in [-0.05, 0) is 59.5 Å². The maximum Gasteiger partial charge on any atom is 0.0549 e. The number of rotatable bonds is 5. The van der Waals surface area contributed by atoms with Crippen molar-refractivity contribution in [3.63, 3.8) is 0 Å². The topological polar surface area (TPSA) is 12.0 Å². The van der Waals surface area contributed by atoms with Crippen LogP contribution in [0, 0.1) is 0 Å². The van der Waals surface area contributed by atoms with Gasteiger partial charge in [-0.25, -0.2) is 0 Å². The maximum absolute atomic E-state index is 5.98. The number of benzene rings is 2. The van der Waals surface area contributed by atoms with Crippen molar-refractivity contribution in [3.05, 3.63) is 63.6 Å². The molecule has 0 fully saturated rings. The van der Waals surface area contributed by atoms with Gasteiger partial charge in [0.1, 0.15) is 0 Å². The molecule has 0 bridgehead atoms. The van der Waals surface area contributed by atoms with Gasteiger partial charge in [-0.3, -0.25) is 0 Å². The van der Waals surface area contributed by atoms with Crippen molar-refractivity contribution in [2.75, 3.05) is 5.32 Å². The monoisotopic (exact) mass is 337 g/mol. The first kappa shape index (κ1) is 14.4. The van der Waals surface area contributed by atoms with Crippen LogP contribution in [0.25, 0.3) is 0 Å². The lowest BCUT2D eigenvalue weighted by Gasteiger charge is -2.15. The number of hydrogen-bond acceptors (Lipinski definition) is 1. The van der Waals surface area contributed by atoms with Gasteiger partial charge in [0.15, 0.2) is 0 Å². The van der Waals surface area contributed by atoms with Gasteiger partial charge < -0.3 is 5.32 Å². The van der Waals surface area contributed by atoms with Gasteiger partial charge in [-0.1, -0.05) is 41.9 Å². The molecule has 0 spiro atoms. The number of aryl methyl sites for hydroxylation is 1. The summed E-state index contributed by atoms with van der Waals surface area (Å²) in [5, 5.41) is 4.23. The lowest BCUT2D eigenvalue weighted by Crippen LogP contribution is -2.15. The molecule has 1 atom stereocenters. The second-order valence-corrected chi connectivity index (χ2v) is 5.96. The minimum atomic E-state index is 0.424. The highest BCUT2D eigenvalue weighted by Gasteiger charge is 2.04. The average molecular weight is 339 g/mol. The highest BCUT2D eigenvalue weighted by atomic mass is 79.9. The molecule has 19 heavy (non-hydrogen) atoms. The lowest BCUT2D eigenvalue weighted by molar-refractivity contribution is 0.706. The van der Waals surface area contributed by atoms with Crippen LogP contribution in [0.5, 0.6) is 0 Å². The Balaban J connectivity index is 1.87. The Morgan fingerprint density at radius 1 is 1.16 bits per heavy atom. The van der Waals surface area contributed by atoms with Crippen molar-refractivity contribution < 1.29 is 0 Å². The zero-order valence-electron chi connectivity index (χ0n) is 10.9. The Bertz CT molecular complexity index is 528. The summed E-state index contributed by atoms with van der Waals surface area (Å²) in [7, 11) is 0. The van der Waals surface area contributed by atoms with Crippen molar-refractivity contribution in [3.8, 4) is 0 Å². The summed E-state index contributed by atoms with van der Waals surface area (Å²) in [5.41, 5.74) is 2.48. The molecule has 2 rings (SSSR count). The van der Waals surface area contributed by atoms with E-state index < -0.39 is 0 Å². The van der Waals surface area contributed by atoms with Gasteiger partial charge in [0.05, 0.1) is 5.02 Å². The minimum absolute atomic E-state index is 0.424. The van der Waals surface area contributed by atoms with Crippen molar-refractivity contribution in [2.24, 2.45) is 0 Å². The second kappa shape index (κ2) is 6.97. The van der Waals surface area contributed by atoms with Gasteiger partial charge in [0, 0.05) is 16.2 Å². The molecule has 0 radical (unpaired) electrons. The summed E-state index contributed by atoms with van der Waals surface area (Å²) in [4.78, 5) is 0. The molecule has 0 aliphatic rings. The fourth-order valence-corrected chi connectivity index (χ4v) is 2.47. The van der Waals surface area contributed by atoms with Crippen LogP contribution in [-0.4, -0.2) is 6.04 Å². The smallest absolute Gasteiger partial charge is 0.0549 e.